The summed E-state index contributed by atoms with van der Waals surface area (Å²) in [7, 11) is 10.5. The second-order valence-electron chi connectivity index (χ2n) is 10.8. The van der Waals surface area contributed by atoms with Gasteiger partial charge in [-0.15, -0.1) is 27.7 Å². The molecule has 184 valence electrons. The average molecular weight is 635 g/mol. The van der Waals surface area contributed by atoms with Crippen LogP contribution in [0.15, 0.2) is 41.4 Å². The SMILES string of the molecule is Bc1c(P)c(P)c(P)c(Oc2ccccc2/N=C/c2cc(C(C)(C)C)cc(C(C)(C)C)c2O)c1I. The Bertz CT molecular complexity index is 1280. The highest BCUT2D eigenvalue weighted by Gasteiger charge is 2.24. The number of phenolic OH excluding ortho intramolecular Hbond substituents is 1. The lowest BCUT2D eigenvalue weighted by Crippen LogP contribution is -2.38. The molecule has 3 aromatic rings. The van der Waals surface area contributed by atoms with Crippen molar-refractivity contribution in [3.8, 4) is 17.2 Å². The molecule has 3 unspecified atom stereocenters. The molecule has 8 heteroatoms. The van der Waals surface area contributed by atoms with E-state index in [2.05, 4.69) is 106 Å². The maximum atomic E-state index is 11.1. The van der Waals surface area contributed by atoms with E-state index in [4.69, 9.17) is 9.73 Å². The molecule has 0 fully saturated rings. The van der Waals surface area contributed by atoms with E-state index >= 15 is 0 Å². The molecule has 3 rings (SSSR count). The van der Waals surface area contributed by atoms with Crippen LogP contribution in [0.25, 0.3) is 0 Å². The third kappa shape index (κ3) is 6.30. The summed E-state index contributed by atoms with van der Waals surface area (Å²) in [5.41, 5.74) is 4.39. The normalized spacial score (nSPS) is 12.4. The molecule has 0 spiro atoms. The van der Waals surface area contributed by atoms with Gasteiger partial charge in [-0.1, -0.05) is 65.2 Å². The second kappa shape index (κ2) is 10.8. The van der Waals surface area contributed by atoms with Crippen molar-refractivity contribution in [2.75, 3.05) is 0 Å². The zero-order valence-electron chi connectivity index (χ0n) is 21.5. The molecule has 0 aliphatic carbocycles. The van der Waals surface area contributed by atoms with Crippen LogP contribution in [0.3, 0.4) is 0 Å². The molecule has 1 N–H and O–H groups in total. The quantitative estimate of drug-likeness (QED) is 0.192. The van der Waals surface area contributed by atoms with Crippen LogP contribution in [0.2, 0.25) is 0 Å². The van der Waals surface area contributed by atoms with Gasteiger partial charge in [0.15, 0.2) is 5.75 Å². The number of aliphatic imine (C=N–C) groups is 1. The van der Waals surface area contributed by atoms with Gasteiger partial charge < -0.3 is 9.84 Å². The van der Waals surface area contributed by atoms with E-state index in [1.807, 2.05) is 30.3 Å². The molecular formula is C27H34BINO2P3. The third-order valence-electron chi connectivity index (χ3n) is 5.99. The van der Waals surface area contributed by atoms with Gasteiger partial charge in [-0.25, -0.2) is 0 Å². The lowest BCUT2D eigenvalue weighted by molar-refractivity contribution is 0.444. The maximum absolute atomic E-state index is 11.1. The number of benzene rings is 3. The molecule has 0 aliphatic rings. The van der Waals surface area contributed by atoms with Crippen molar-refractivity contribution in [3.05, 3.63) is 56.7 Å². The van der Waals surface area contributed by atoms with E-state index in [0.29, 0.717) is 17.0 Å². The summed E-state index contributed by atoms with van der Waals surface area (Å²) in [6.45, 7) is 12.9. The molecule has 0 aromatic heterocycles. The van der Waals surface area contributed by atoms with Crippen molar-refractivity contribution in [1.29, 1.82) is 0 Å². The van der Waals surface area contributed by atoms with Gasteiger partial charge >= 0.3 is 0 Å². The highest BCUT2D eigenvalue weighted by Crippen LogP contribution is 2.38. The monoisotopic (exact) mass is 635 g/mol. The van der Waals surface area contributed by atoms with E-state index in [1.165, 1.54) is 5.46 Å². The van der Waals surface area contributed by atoms with Crippen LogP contribution < -0.4 is 26.1 Å². The van der Waals surface area contributed by atoms with Crippen LogP contribution in [0.4, 0.5) is 5.69 Å². The molecule has 0 radical (unpaired) electrons. The Morgan fingerprint density at radius 2 is 1.57 bits per heavy atom. The molecule has 0 amide bonds. The Labute approximate surface area is 231 Å². The Morgan fingerprint density at radius 3 is 2.17 bits per heavy atom. The number of nitrogens with zero attached hydrogens (tertiary/aromatic N) is 1. The van der Waals surface area contributed by atoms with Crippen LogP contribution in [0.5, 0.6) is 17.2 Å². The first-order valence-corrected chi connectivity index (χ1v) is 14.3. The van der Waals surface area contributed by atoms with Crippen LogP contribution >= 0.6 is 50.3 Å². The largest absolute Gasteiger partial charge is 0.507 e. The Kier molecular flexibility index (Phi) is 8.81. The number of rotatable bonds is 4. The molecule has 3 nitrogen and oxygen atoms in total. The van der Waals surface area contributed by atoms with Crippen molar-refractivity contribution in [3.63, 3.8) is 0 Å². The number of halogens is 1. The number of ether oxygens (including phenoxy) is 1. The highest BCUT2D eigenvalue weighted by molar-refractivity contribution is 14.1. The van der Waals surface area contributed by atoms with Crippen molar-refractivity contribution < 1.29 is 9.84 Å². The Balaban J connectivity index is 2.09. The number of aromatic hydroxyl groups is 1. The fourth-order valence-electron chi connectivity index (χ4n) is 3.64. The Morgan fingerprint density at radius 1 is 0.943 bits per heavy atom. The van der Waals surface area contributed by atoms with Crippen molar-refractivity contribution in [2.24, 2.45) is 4.99 Å². The Hall–Kier alpha value is -0.985. The van der Waals surface area contributed by atoms with Gasteiger partial charge in [0, 0.05) is 22.6 Å². The number of hydrogen-bond acceptors (Lipinski definition) is 3. The van der Waals surface area contributed by atoms with Gasteiger partial charge in [0.05, 0.1) is 3.57 Å². The molecule has 0 saturated carbocycles. The second-order valence-corrected chi connectivity index (χ2v) is 13.6. The average Bonchev–Trinajstić information content (AvgIpc) is 2.77. The minimum absolute atomic E-state index is 0.0549. The summed E-state index contributed by atoms with van der Waals surface area (Å²) in [6, 6.07) is 11.9. The zero-order valence-corrected chi connectivity index (χ0v) is 27.1. The smallest absolute Gasteiger partial charge is 0.153 e. The molecule has 0 bridgehead atoms. The molecule has 3 atom stereocenters. The van der Waals surface area contributed by atoms with Crippen LogP contribution in [0.1, 0.15) is 58.2 Å². The highest BCUT2D eigenvalue weighted by atomic mass is 127. The van der Waals surface area contributed by atoms with Gasteiger partial charge in [0.25, 0.3) is 0 Å². The van der Waals surface area contributed by atoms with Gasteiger partial charge in [-0.05, 0) is 67.8 Å². The molecule has 0 saturated heterocycles. The molecule has 35 heavy (non-hydrogen) atoms. The predicted molar refractivity (Wildman–Crippen MR) is 175 cm³/mol. The van der Waals surface area contributed by atoms with Crippen molar-refractivity contribution >= 4 is 91.4 Å². The van der Waals surface area contributed by atoms with Crippen LogP contribution in [-0.2, 0) is 10.8 Å². The zero-order chi connectivity index (χ0) is 26.3. The summed E-state index contributed by atoms with van der Waals surface area (Å²) in [5, 5.41) is 14.4. The first-order chi connectivity index (χ1) is 16.1. The van der Waals surface area contributed by atoms with E-state index in [1.54, 1.807) is 6.21 Å². The van der Waals surface area contributed by atoms with Gasteiger partial charge in [0.1, 0.15) is 25.0 Å². The third-order valence-corrected chi connectivity index (χ3v) is 9.90. The molecular weight excluding hydrogens is 601 g/mol. The van der Waals surface area contributed by atoms with Gasteiger partial charge in [-0.3, -0.25) is 4.99 Å². The maximum Gasteiger partial charge on any atom is 0.153 e. The number of para-hydroxylation sites is 2. The first kappa shape index (κ1) is 28.6. The van der Waals surface area contributed by atoms with Crippen LogP contribution in [-0.4, -0.2) is 19.2 Å². The fourth-order valence-corrected chi connectivity index (χ4v) is 6.09. The summed E-state index contributed by atoms with van der Waals surface area (Å²) in [5.74, 6) is 1.74. The number of hydrogen-bond donors (Lipinski definition) is 1. The minimum Gasteiger partial charge on any atom is -0.507 e. The van der Waals surface area contributed by atoms with Crippen LogP contribution in [0, 0.1) is 3.57 Å². The lowest BCUT2D eigenvalue weighted by Gasteiger charge is -2.27. The van der Waals surface area contributed by atoms with Gasteiger partial charge in [-0.2, -0.15) is 0 Å². The summed E-state index contributed by atoms with van der Waals surface area (Å²) >= 11 is 2.34. The standard InChI is InChI=1S/C27H34BINO2P3/c1-26(2,3)15-11-14(21(31)16(12-15)27(4,5)6)13-30-17-9-7-8-10-18(17)32-22-20(29)19(28)23(33)25(35)24(22)34/h7-13,31H,28,33-35H2,1-6H3/b30-13+. The summed E-state index contributed by atoms with van der Waals surface area (Å²) in [6.07, 6.45) is 1.74. The van der Waals surface area contributed by atoms with Crippen molar-refractivity contribution in [1.82, 2.24) is 0 Å². The van der Waals surface area contributed by atoms with E-state index in [-0.39, 0.29) is 16.6 Å². The number of phenols is 1. The van der Waals surface area contributed by atoms with E-state index in [9.17, 15) is 5.11 Å². The molecule has 0 heterocycles. The van der Waals surface area contributed by atoms with Crippen molar-refractivity contribution in [2.45, 2.75) is 52.4 Å². The lowest BCUT2D eigenvalue weighted by atomic mass is 9.79. The van der Waals surface area contributed by atoms with E-state index in [0.717, 1.165) is 36.4 Å². The topological polar surface area (TPSA) is 41.8 Å². The first-order valence-electron chi connectivity index (χ1n) is 11.4. The summed E-state index contributed by atoms with van der Waals surface area (Å²) < 4.78 is 7.50. The fraction of sp³-hybridized carbons (Fsp3) is 0.296. The van der Waals surface area contributed by atoms with Gasteiger partial charge in [0.2, 0.25) is 0 Å². The molecule has 0 aliphatic heterocycles. The summed E-state index contributed by atoms with van der Waals surface area (Å²) in [4.78, 5) is 4.77. The van der Waals surface area contributed by atoms with E-state index < -0.39 is 0 Å². The minimum atomic E-state index is -0.196. The predicted octanol–water partition coefficient (Wildman–Crippen LogP) is 4.89. The molecule has 3 aromatic carbocycles.